The van der Waals surface area contributed by atoms with Crippen LogP contribution < -0.4 is 4.74 Å². The van der Waals surface area contributed by atoms with Crippen LogP contribution in [-0.2, 0) is 6.54 Å². The molecule has 1 fully saturated rings. The molecule has 0 atom stereocenters. The first-order chi connectivity index (χ1) is 14.2. The maximum atomic E-state index is 12.8. The third-order valence-electron chi connectivity index (χ3n) is 5.07. The average molecular weight is 392 g/mol. The topological polar surface area (TPSA) is 71.7 Å². The molecule has 0 saturated carbocycles. The third kappa shape index (κ3) is 4.63. The summed E-state index contributed by atoms with van der Waals surface area (Å²) in [7, 11) is 1.62. The molecule has 2 heterocycles. The van der Waals surface area contributed by atoms with E-state index in [4.69, 9.17) is 9.26 Å². The molecule has 7 heteroatoms. The van der Waals surface area contributed by atoms with Crippen molar-refractivity contribution in [2.75, 3.05) is 33.3 Å². The van der Waals surface area contributed by atoms with Crippen LogP contribution in [-0.4, -0.2) is 59.1 Å². The van der Waals surface area contributed by atoms with Gasteiger partial charge in [-0.05, 0) is 42.8 Å². The van der Waals surface area contributed by atoms with E-state index in [1.54, 1.807) is 7.11 Å². The van der Waals surface area contributed by atoms with Crippen LogP contribution in [0.25, 0.3) is 11.5 Å². The number of methoxy groups -OCH3 is 1. The maximum Gasteiger partial charge on any atom is 0.257 e. The van der Waals surface area contributed by atoms with Gasteiger partial charge < -0.3 is 14.2 Å². The number of amides is 1. The van der Waals surface area contributed by atoms with Crippen molar-refractivity contribution in [3.8, 4) is 17.2 Å². The molecule has 0 unspecified atom stereocenters. The monoisotopic (exact) mass is 392 g/mol. The zero-order valence-electron chi connectivity index (χ0n) is 16.5. The van der Waals surface area contributed by atoms with Gasteiger partial charge in [-0.15, -0.1) is 0 Å². The van der Waals surface area contributed by atoms with Gasteiger partial charge in [-0.25, -0.2) is 0 Å². The van der Waals surface area contributed by atoms with E-state index in [2.05, 4.69) is 15.0 Å². The molecule has 1 amide bonds. The second-order valence-corrected chi connectivity index (χ2v) is 7.03. The van der Waals surface area contributed by atoms with Crippen LogP contribution in [0.4, 0.5) is 0 Å². The highest BCUT2D eigenvalue weighted by Crippen LogP contribution is 2.18. The van der Waals surface area contributed by atoms with E-state index < -0.39 is 0 Å². The molecule has 150 valence electrons. The van der Waals surface area contributed by atoms with E-state index in [0.29, 0.717) is 30.4 Å². The van der Waals surface area contributed by atoms with Gasteiger partial charge in [0, 0.05) is 37.3 Å². The zero-order chi connectivity index (χ0) is 20.1. The average Bonchev–Trinajstić information content (AvgIpc) is 3.12. The first-order valence-electron chi connectivity index (χ1n) is 9.76. The van der Waals surface area contributed by atoms with Crippen LogP contribution in [0.1, 0.15) is 22.6 Å². The summed E-state index contributed by atoms with van der Waals surface area (Å²) in [5.74, 6) is 2.00. The Labute approximate surface area is 169 Å². The standard InChI is InChI=1S/C22H24N4O3/c1-28-19-10-8-18(9-11-19)22(27)26-13-5-12-25(14-15-26)16-20-23-21(29-24-20)17-6-3-2-4-7-17/h2-4,6-11H,5,12-16H2,1H3. The van der Waals surface area contributed by atoms with E-state index in [1.165, 1.54) is 0 Å². The number of rotatable bonds is 5. The summed E-state index contributed by atoms with van der Waals surface area (Å²) >= 11 is 0. The Morgan fingerprint density at radius 3 is 2.59 bits per heavy atom. The van der Waals surface area contributed by atoms with E-state index in [9.17, 15) is 4.79 Å². The summed E-state index contributed by atoms with van der Waals surface area (Å²) in [6.45, 7) is 3.69. The van der Waals surface area contributed by atoms with Crippen LogP contribution in [0.15, 0.2) is 59.1 Å². The Hall–Kier alpha value is -3.19. The summed E-state index contributed by atoms with van der Waals surface area (Å²) in [5.41, 5.74) is 1.60. The Kier molecular flexibility index (Phi) is 5.86. The lowest BCUT2D eigenvalue weighted by atomic mass is 10.2. The number of hydrogen-bond donors (Lipinski definition) is 0. The molecule has 3 aromatic rings. The fraction of sp³-hybridized carbons (Fsp3) is 0.318. The van der Waals surface area contributed by atoms with Crippen LogP contribution in [0, 0.1) is 0 Å². The van der Waals surface area contributed by atoms with Crippen molar-refractivity contribution < 1.29 is 14.1 Å². The highest BCUT2D eigenvalue weighted by Gasteiger charge is 2.21. The minimum absolute atomic E-state index is 0.0560. The van der Waals surface area contributed by atoms with Gasteiger partial charge in [0.15, 0.2) is 5.82 Å². The van der Waals surface area contributed by atoms with E-state index in [1.807, 2.05) is 59.5 Å². The predicted molar refractivity (Wildman–Crippen MR) is 109 cm³/mol. The minimum atomic E-state index is 0.0560. The number of nitrogens with zero attached hydrogens (tertiary/aromatic N) is 4. The Morgan fingerprint density at radius 1 is 1.03 bits per heavy atom. The molecule has 0 bridgehead atoms. The molecule has 1 aliphatic rings. The molecular weight excluding hydrogens is 368 g/mol. The molecule has 4 rings (SSSR count). The molecule has 0 N–H and O–H groups in total. The lowest BCUT2D eigenvalue weighted by Crippen LogP contribution is -2.35. The van der Waals surface area contributed by atoms with Crippen LogP contribution in [0.5, 0.6) is 5.75 Å². The van der Waals surface area contributed by atoms with E-state index in [-0.39, 0.29) is 5.91 Å². The smallest absolute Gasteiger partial charge is 0.257 e. The number of ether oxygens (including phenoxy) is 1. The Morgan fingerprint density at radius 2 is 1.83 bits per heavy atom. The molecule has 2 aromatic carbocycles. The molecule has 0 aliphatic carbocycles. The van der Waals surface area contributed by atoms with Gasteiger partial charge in [0.25, 0.3) is 11.8 Å². The van der Waals surface area contributed by atoms with Crippen molar-refractivity contribution in [2.45, 2.75) is 13.0 Å². The van der Waals surface area contributed by atoms with Crippen molar-refractivity contribution in [1.82, 2.24) is 19.9 Å². The molecule has 0 spiro atoms. The van der Waals surface area contributed by atoms with Crippen LogP contribution >= 0.6 is 0 Å². The Bertz CT molecular complexity index is 940. The second-order valence-electron chi connectivity index (χ2n) is 7.03. The first kappa shape index (κ1) is 19.1. The van der Waals surface area contributed by atoms with Gasteiger partial charge in [-0.2, -0.15) is 4.98 Å². The molecule has 1 aromatic heterocycles. The Balaban J connectivity index is 1.35. The van der Waals surface area contributed by atoms with Gasteiger partial charge in [0.05, 0.1) is 13.7 Å². The molecule has 7 nitrogen and oxygen atoms in total. The molecular formula is C22H24N4O3. The molecule has 1 aliphatic heterocycles. The zero-order valence-corrected chi connectivity index (χ0v) is 16.5. The lowest BCUT2D eigenvalue weighted by molar-refractivity contribution is 0.0761. The van der Waals surface area contributed by atoms with E-state index >= 15 is 0 Å². The second kappa shape index (κ2) is 8.87. The van der Waals surface area contributed by atoms with Gasteiger partial charge >= 0.3 is 0 Å². The van der Waals surface area contributed by atoms with E-state index in [0.717, 1.165) is 37.4 Å². The molecule has 0 radical (unpaired) electrons. The quantitative estimate of drug-likeness (QED) is 0.664. The fourth-order valence-electron chi connectivity index (χ4n) is 3.46. The summed E-state index contributed by atoms with van der Waals surface area (Å²) in [6.07, 6.45) is 0.908. The lowest BCUT2D eigenvalue weighted by Gasteiger charge is -2.21. The van der Waals surface area contributed by atoms with Crippen molar-refractivity contribution in [2.24, 2.45) is 0 Å². The highest BCUT2D eigenvalue weighted by molar-refractivity contribution is 5.94. The summed E-state index contributed by atoms with van der Waals surface area (Å²) in [5, 5.41) is 4.12. The first-order valence-corrected chi connectivity index (χ1v) is 9.76. The molecule has 1 saturated heterocycles. The fourth-order valence-corrected chi connectivity index (χ4v) is 3.46. The van der Waals surface area contributed by atoms with Crippen molar-refractivity contribution >= 4 is 5.91 Å². The SMILES string of the molecule is COc1ccc(C(=O)N2CCCN(Cc3noc(-c4ccccc4)n3)CC2)cc1. The van der Waals surface area contributed by atoms with Gasteiger partial charge in [-0.3, -0.25) is 9.69 Å². The third-order valence-corrected chi connectivity index (χ3v) is 5.07. The van der Waals surface area contributed by atoms with Crippen LogP contribution in [0.3, 0.4) is 0 Å². The normalized spacial score (nSPS) is 15.1. The number of benzene rings is 2. The van der Waals surface area contributed by atoms with Gasteiger partial charge in [0.1, 0.15) is 5.75 Å². The summed E-state index contributed by atoms with van der Waals surface area (Å²) < 4.78 is 10.6. The van der Waals surface area contributed by atoms with Crippen molar-refractivity contribution in [1.29, 1.82) is 0 Å². The minimum Gasteiger partial charge on any atom is -0.497 e. The highest BCUT2D eigenvalue weighted by atomic mass is 16.5. The van der Waals surface area contributed by atoms with Crippen molar-refractivity contribution in [3.05, 3.63) is 66.0 Å². The number of hydrogen-bond acceptors (Lipinski definition) is 6. The largest absolute Gasteiger partial charge is 0.497 e. The number of carbonyl (C=O) groups excluding carboxylic acids is 1. The van der Waals surface area contributed by atoms with Gasteiger partial charge in [0.2, 0.25) is 0 Å². The predicted octanol–water partition coefficient (Wildman–Crippen LogP) is 3.09. The van der Waals surface area contributed by atoms with Crippen LogP contribution in [0.2, 0.25) is 0 Å². The summed E-state index contributed by atoms with van der Waals surface area (Å²) in [6, 6.07) is 17.0. The number of carbonyl (C=O) groups is 1. The van der Waals surface area contributed by atoms with Gasteiger partial charge in [-0.1, -0.05) is 23.4 Å². The number of aromatic nitrogens is 2. The maximum absolute atomic E-state index is 12.8. The van der Waals surface area contributed by atoms with Crippen molar-refractivity contribution in [3.63, 3.8) is 0 Å². The molecule has 29 heavy (non-hydrogen) atoms. The summed E-state index contributed by atoms with van der Waals surface area (Å²) in [4.78, 5) is 21.5.